The number of aromatic nitrogens is 1. The van der Waals surface area contributed by atoms with E-state index in [-0.39, 0.29) is 11.3 Å². The number of allylic oxidation sites excluding steroid dienone is 3. The Hall–Kier alpha value is -2.18. The SMILES string of the molecule is [B]C(C#N)=CC=C(P)c1coc(-c2ccc(F)cc2)n1. The lowest BCUT2D eigenvalue weighted by atomic mass is 9.97. The first-order chi connectivity index (χ1) is 9.60. The van der Waals surface area contributed by atoms with Crippen LogP contribution in [0, 0.1) is 17.1 Å². The van der Waals surface area contributed by atoms with Gasteiger partial charge < -0.3 is 4.42 Å². The minimum absolute atomic E-state index is 0.104. The monoisotopic (exact) mass is 282 g/mol. The van der Waals surface area contributed by atoms with Gasteiger partial charge in [-0.2, -0.15) is 5.26 Å². The number of hydrogen-bond donors (Lipinski definition) is 0. The van der Waals surface area contributed by atoms with E-state index in [2.05, 4.69) is 14.2 Å². The zero-order valence-corrected chi connectivity index (χ0v) is 11.5. The van der Waals surface area contributed by atoms with E-state index >= 15 is 0 Å². The smallest absolute Gasteiger partial charge is 0.226 e. The van der Waals surface area contributed by atoms with Gasteiger partial charge in [-0.1, -0.05) is 12.2 Å². The summed E-state index contributed by atoms with van der Waals surface area (Å²) in [5.74, 6) is 0.0786. The van der Waals surface area contributed by atoms with Crippen molar-refractivity contribution in [2.75, 3.05) is 0 Å². The molecule has 96 valence electrons. The van der Waals surface area contributed by atoms with Crippen molar-refractivity contribution in [3.63, 3.8) is 0 Å². The summed E-state index contributed by atoms with van der Waals surface area (Å²) in [6.07, 6.45) is 4.61. The Morgan fingerprint density at radius 2 is 2.05 bits per heavy atom. The Balaban J connectivity index is 2.25. The molecule has 0 aliphatic heterocycles. The van der Waals surface area contributed by atoms with Gasteiger partial charge in [0.25, 0.3) is 0 Å². The predicted octanol–water partition coefficient (Wildman–Crippen LogP) is 3.27. The van der Waals surface area contributed by atoms with Crippen LogP contribution in [0.3, 0.4) is 0 Å². The molecular weight excluding hydrogens is 273 g/mol. The van der Waals surface area contributed by atoms with E-state index in [0.717, 1.165) is 5.31 Å². The lowest BCUT2D eigenvalue weighted by Crippen LogP contribution is -1.81. The minimum atomic E-state index is -0.315. The summed E-state index contributed by atoms with van der Waals surface area (Å²) in [6.45, 7) is 0. The van der Waals surface area contributed by atoms with Gasteiger partial charge in [0.15, 0.2) is 0 Å². The van der Waals surface area contributed by atoms with Crippen LogP contribution in [0.5, 0.6) is 0 Å². The molecule has 0 aliphatic rings. The molecule has 0 saturated heterocycles. The molecule has 1 aromatic heterocycles. The van der Waals surface area contributed by atoms with Gasteiger partial charge in [-0.25, -0.2) is 9.37 Å². The molecule has 0 saturated carbocycles. The normalized spacial score (nSPS) is 12.2. The fraction of sp³-hybridized carbons (Fsp3) is 0. The summed E-state index contributed by atoms with van der Waals surface area (Å²) in [5.41, 5.74) is 1.38. The van der Waals surface area contributed by atoms with Gasteiger partial charge in [-0.15, -0.1) is 9.24 Å². The van der Waals surface area contributed by atoms with Gasteiger partial charge in [0.05, 0.1) is 6.07 Å². The maximum atomic E-state index is 12.8. The Bertz CT molecular complexity index is 714. The second-order valence-corrected chi connectivity index (χ2v) is 4.52. The first kappa shape index (κ1) is 14.2. The highest BCUT2D eigenvalue weighted by molar-refractivity contribution is 7.31. The topological polar surface area (TPSA) is 49.8 Å². The van der Waals surface area contributed by atoms with Gasteiger partial charge in [-0.3, -0.25) is 0 Å². The zero-order chi connectivity index (χ0) is 14.5. The van der Waals surface area contributed by atoms with Gasteiger partial charge in [0.2, 0.25) is 5.89 Å². The second kappa shape index (κ2) is 6.32. The van der Waals surface area contributed by atoms with Crippen LogP contribution in [-0.4, -0.2) is 12.8 Å². The molecule has 1 aromatic carbocycles. The van der Waals surface area contributed by atoms with E-state index in [4.69, 9.17) is 17.5 Å². The number of rotatable bonds is 3. The summed E-state index contributed by atoms with van der Waals surface area (Å²) in [4.78, 5) is 4.28. The van der Waals surface area contributed by atoms with Crippen molar-refractivity contribution in [2.24, 2.45) is 0 Å². The maximum Gasteiger partial charge on any atom is 0.226 e. The third-order valence-electron chi connectivity index (χ3n) is 2.46. The molecule has 0 aliphatic carbocycles. The van der Waals surface area contributed by atoms with Gasteiger partial charge in [-0.05, 0) is 35.1 Å². The quantitative estimate of drug-likeness (QED) is 0.375. The lowest BCUT2D eigenvalue weighted by molar-refractivity contribution is 0.573. The number of oxazole rings is 1. The Kier molecular flexibility index (Phi) is 4.50. The van der Waals surface area contributed by atoms with Gasteiger partial charge >= 0.3 is 0 Å². The highest BCUT2D eigenvalue weighted by Crippen LogP contribution is 2.25. The first-order valence-electron chi connectivity index (χ1n) is 5.65. The third kappa shape index (κ3) is 3.43. The average Bonchev–Trinajstić information content (AvgIpc) is 2.95. The lowest BCUT2D eigenvalue weighted by Gasteiger charge is -1.94. The number of benzene rings is 1. The van der Waals surface area contributed by atoms with Crippen molar-refractivity contribution in [2.45, 2.75) is 0 Å². The molecular formula is C14H9BFN2OP. The molecule has 2 aromatic rings. The maximum absolute atomic E-state index is 12.8. The second-order valence-electron chi connectivity index (χ2n) is 3.90. The van der Waals surface area contributed by atoms with Crippen molar-refractivity contribution < 1.29 is 8.81 Å². The van der Waals surface area contributed by atoms with Crippen molar-refractivity contribution in [3.8, 4) is 17.5 Å². The minimum Gasteiger partial charge on any atom is -0.444 e. The standard InChI is InChI=1S/C14H9BFN2OP/c15-10(7-17)3-6-13(20)12-8-19-14(18-12)9-1-4-11(16)5-2-9/h1-6,8H,20H2. The van der Waals surface area contributed by atoms with Crippen LogP contribution >= 0.6 is 9.24 Å². The molecule has 0 spiro atoms. The highest BCUT2D eigenvalue weighted by Gasteiger charge is 2.07. The van der Waals surface area contributed by atoms with Crippen molar-refractivity contribution in [1.82, 2.24) is 4.98 Å². The fourth-order valence-electron chi connectivity index (χ4n) is 1.43. The molecule has 1 unspecified atom stereocenters. The van der Waals surface area contributed by atoms with E-state index in [1.807, 2.05) is 6.07 Å². The van der Waals surface area contributed by atoms with Crippen molar-refractivity contribution in [3.05, 3.63) is 59.7 Å². The Morgan fingerprint density at radius 1 is 1.35 bits per heavy atom. The molecule has 2 radical (unpaired) electrons. The van der Waals surface area contributed by atoms with Gasteiger partial charge in [0.1, 0.15) is 25.6 Å². The molecule has 2 rings (SSSR count). The van der Waals surface area contributed by atoms with Crippen LogP contribution in [0.4, 0.5) is 4.39 Å². The molecule has 6 heteroatoms. The van der Waals surface area contributed by atoms with Crippen LogP contribution < -0.4 is 0 Å². The van der Waals surface area contributed by atoms with E-state index in [9.17, 15) is 4.39 Å². The van der Waals surface area contributed by atoms with Crippen LogP contribution in [-0.2, 0) is 0 Å². The largest absolute Gasteiger partial charge is 0.444 e. The van der Waals surface area contributed by atoms with Crippen LogP contribution in [0.15, 0.2) is 52.6 Å². The molecule has 20 heavy (non-hydrogen) atoms. The van der Waals surface area contributed by atoms with E-state index in [1.54, 1.807) is 18.2 Å². The van der Waals surface area contributed by atoms with Crippen LogP contribution in [0.1, 0.15) is 5.69 Å². The average molecular weight is 282 g/mol. The molecule has 3 nitrogen and oxygen atoms in total. The fourth-order valence-corrected chi connectivity index (χ4v) is 1.66. The van der Waals surface area contributed by atoms with E-state index in [1.165, 1.54) is 24.5 Å². The third-order valence-corrected chi connectivity index (χ3v) is 2.95. The first-order valence-corrected chi connectivity index (χ1v) is 6.23. The molecule has 0 N–H and O–H groups in total. The molecule has 0 amide bonds. The summed E-state index contributed by atoms with van der Waals surface area (Å²) >= 11 is 0. The Labute approximate surface area is 119 Å². The van der Waals surface area contributed by atoms with Crippen LogP contribution in [0.25, 0.3) is 16.8 Å². The summed E-state index contributed by atoms with van der Waals surface area (Å²) in [7, 11) is 7.86. The highest BCUT2D eigenvalue weighted by atomic mass is 31.0. The van der Waals surface area contributed by atoms with Crippen LogP contribution in [0.2, 0.25) is 0 Å². The number of hydrogen-bond acceptors (Lipinski definition) is 3. The number of nitriles is 1. The van der Waals surface area contributed by atoms with E-state index < -0.39 is 0 Å². The summed E-state index contributed by atoms with van der Waals surface area (Å²) < 4.78 is 18.2. The molecule has 0 fully saturated rings. The predicted molar refractivity (Wildman–Crippen MR) is 79.0 cm³/mol. The van der Waals surface area contributed by atoms with E-state index in [0.29, 0.717) is 17.1 Å². The number of nitrogens with zero attached hydrogens (tertiary/aromatic N) is 2. The molecule has 1 atom stereocenters. The zero-order valence-electron chi connectivity index (χ0n) is 10.4. The van der Waals surface area contributed by atoms with Crippen molar-refractivity contribution >= 4 is 22.4 Å². The molecule has 1 heterocycles. The summed E-state index contributed by atoms with van der Waals surface area (Å²) in [6, 6.07) is 7.67. The molecule has 0 bridgehead atoms. The Morgan fingerprint density at radius 3 is 2.70 bits per heavy atom. The van der Waals surface area contributed by atoms with Gasteiger partial charge in [0, 0.05) is 5.56 Å². The number of halogens is 1. The summed E-state index contributed by atoms with van der Waals surface area (Å²) in [5, 5.41) is 9.27. The van der Waals surface area contributed by atoms with Crippen molar-refractivity contribution in [1.29, 1.82) is 5.26 Å².